The molecule has 3 rings (SSSR count). The standard InChI is InChI=1S/C15H17N3OS/c19-14(12-6-2-1-3-7-12)17-15-16-10-13(20-15)11-18-8-4-5-9-18/h1-3,6-7,10H,4-5,8-9,11H2,(H,16,17,19). The number of nitrogens with one attached hydrogen (secondary N) is 1. The van der Waals surface area contributed by atoms with Crippen molar-refractivity contribution < 1.29 is 4.79 Å². The number of rotatable bonds is 4. The van der Waals surface area contributed by atoms with Crippen molar-refractivity contribution in [3.05, 3.63) is 47.0 Å². The Morgan fingerprint density at radius 1 is 1.25 bits per heavy atom. The Hall–Kier alpha value is -1.72. The van der Waals surface area contributed by atoms with Crippen LogP contribution >= 0.6 is 11.3 Å². The minimum Gasteiger partial charge on any atom is -0.298 e. The highest BCUT2D eigenvalue weighted by Crippen LogP contribution is 2.22. The fourth-order valence-corrected chi connectivity index (χ4v) is 3.21. The highest BCUT2D eigenvalue weighted by Gasteiger charge is 2.14. The Labute approximate surface area is 122 Å². The molecule has 0 atom stereocenters. The molecule has 20 heavy (non-hydrogen) atoms. The molecule has 1 aromatic carbocycles. The minimum atomic E-state index is -0.104. The maximum absolute atomic E-state index is 12.0. The average Bonchev–Trinajstić information content (AvgIpc) is 3.12. The molecule has 1 fully saturated rings. The van der Waals surface area contributed by atoms with Crippen molar-refractivity contribution in [2.75, 3.05) is 18.4 Å². The van der Waals surface area contributed by atoms with E-state index < -0.39 is 0 Å². The van der Waals surface area contributed by atoms with E-state index in [1.807, 2.05) is 24.4 Å². The van der Waals surface area contributed by atoms with Gasteiger partial charge in [-0.1, -0.05) is 18.2 Å². The van der Waals surface area contributed by atoms with Crippen LogP contribution in [-0.4, -0.2) is 28.9 Å². The van der Waals surface area contributed by atoms with Gasteiger partial charge in [0.05, 0.1) is 0 Å². The van der Waals surface area contributed by atoms with Crippen LogP contribution in [0, 0.1) is 0 Å². The maximum Gasteiger partial charge on any atom is 0.257 e. The molecule has 1 aromatic heterocycles. The number of anilines is 1. The van der Waals surface area contributed by atoms with Crippen LogP contribution in [0.1, 0.15) is 28.1 Å². The monoisotopic (exact) mass is 287 g/mol. The molecule has 0 bridgehead atoms. The molecular formula is C15H17N3OS. The molecule has 0 saturated carbocycles. The first-order valence-electron chi connectivity index (χ1n) is 6.85. The summed E-state index contributed by atoms with van der Waals surface area (Å²) >= 11 is 1.56. The molecule has 104 valence electrons. The van der Waals surface area contributed by atoms with Gasteiger partial charge in [0.25, 0.3) is 5.91 Å². The summed E-state index contributed by atoms with van der Waals surface area (Å²) in [5, 5.41) is 3.53. The summed E-state index contributed by atoms with van der Waals surface area (Å²) in [4.78, 5) is 19.9. The number of hydrogen-bond acceptors (Lipinski definition) is 4. The zero-order chi connectivity index (χ0) is 13.8. The third kappa shape index (κ3) is 3.23. The lowest BCUT2D eigenvalue weighted by molar-refractivity contribution is 0.102. The molecule has 0 spiro atoms. The third-order valence-electron chi connectivity index (χ3n) is 3.39. The number of aromatic nitrogens is 1. The molecular weight excluding hydrogens is 270 g/mol. The van der Waals surface area contributed by atoms with Crippen molar-refractivity contribution in [1.82, 2.24) is 9.88 Å². The van der Waals surface area contributed by atoms with Crippen LogP contribution < -0.4 is 5.32 Å². The van der Waals surface area contributed by atoms with Crippen LogP contribution in [-0.2, 0) is 6.54 Å². The molecule has 2 aromatic rings. The smallest absolute Gasteiger partial charge is 0.257 e. The van der Waals surface area contributed by atoms with E-state index in [2.05, 4.69) is 15.2 Å². The quantitative estimate of drug-likeness (QED) is 0.940. The molecule has 0 radical (unpaired) electrons. The fraction of sp³-hybridized carbons (Fsp3) is 0.333. The highest BCUT2D eigenvalue weighted by molar-refractivity contribution is 7.15. The van der Waals surface area contributed by atoms with Gasteiger partial charge in [-0.15, -0.1) is 11.3 Å². The average molecular weight is 287 g/mol. The molecule has 0 aliphatic carbocycles. The molecule has 2 heterocycles. The van der Waals surface area contributed by atoms with E-state index in [9.17, 15) is 4.79 Å². The molecule has 1 N–H and O–H groups in total. The van der Waals surface area contributed by atoms with Gasteiger partial charge in [0.15, 0.2) is 5.13 Å². The van der Waals surface area contributed by atoms with Crippen molar-refractivity contribution in [2.24, 2.45) is 0 Å². The van der Waals surface area contributed by atoms with Crippen LogP contribution in [0.4, 0.5) is 5.13 Å². The van der Waals surface area contributed by atoms with Crippen molar-refractivity contribution >= 4 is 22.4 Å². The van der Waals surface area contributed by atoms with Crippen LogP contribution in [0.25, 0.3) is 0 Å². The number of thiazole rings is 1. The Balaban J connectivity index is 1.60. The van der Waals surface area contributed by atoms with Crippen LogP contribution in [0.15, 0.2) is 36.5 Å². The lowest BCUT2D eigenvalue weighted by Crippen LogP contribution is -2.17. The molecule has 1 saturated heterocycles. The van der Waals surface area contributed by atoms with Crippen molar-refractivity contribution in [3.63, 3.8) is 0 Å². The Bertz CT molecular complexity index is 576. The lowest BCUT2D eigenvalue weighted by atomic mass is 10.2. The van der Waals surface area contributed by atoms with E-state index in [1.54, 1.807) is 23.5 Å². The summed E-state index contributed by atoms with van der Waals surface area (Å²) in [5.41, 5.74) is 0.656. The predicted molar refractivity (Wildman–Crippen MR) is 81.0 cm³/mol. The van der Waals surface area contributed by atoms with E-state index in [0.717, 1.165) is 6.54 Å². The summed E-state index contributed by atoms with van der Waals surface area (Å²) in [6.45, 7) is 3.28. The van der Waals surface area contributed by atoms with Gasteiger partial charge in [-0.2, -0.15) is 0 Å². The second-order valence-corrected chi connectivity index (χ2v) is 6.05. The number of hydrogen-bond donors (Lipinski definition) is 1. The van der Waals surface area contributed by atoms with Crippen LogP contribution in [0.5, 0.6) is 0 Å². The first-order valence-corrected chi connectivity index (χ1v) is 7.66. The molecule has 1 aliphatic rings. The maximum atomic E-state index is 12.0. The number of amides is 1. The highest BCUT2D eigenvalue weighted by atomic mass is 32.1. The Morgan fingerprint density at radius 3 is 2.75 bits per heavy atom. The second kappa shape index (κ2) is 6.15. The van der Waals surface area contributed by atoms with Gasteiger partial charge in [0.2, 0.25) is 0 Å². The molecule has 0 unspecified atom stereocenters. The van der Waals surface area contributed by atoms with Gasteiger partial charge < -0.3 is 0 Å². The molecule has 1 amide bonds. The summed E-state index contributed by atoms with van der Waals surface area (Å²) in [6.07, 6.45) is 4.44. The van der Waals surface area contributed by atoms with Gasteiger partial charge in [-0.25, -0.2) is 4.98 Å². The molecule has 1 aliphatic heterocycles. The first-order chi connectivity index (χ1) is 9.81. The fourth-order valence-electron chi connectivity index (χ4n) is 2.36. The van der Waals surface area contributed by atoms with Crippen LogP contribution in [0.2, 0.25) is 0 Å². The van der Waals surface area contributed by atoms with Crippen molar-refractivity contribution in [2.45, 2.75) is 19.4 Å². The van der Waals surface area contributed by atoms with Gasteiger partial charge >= 0.3 is 0 Å². The summed E-state index contributed by atoms with van der Waals surface area (Å²) < 4.78 is 0. The zero-order valence-electron chi connectivity index (χ0n) is 11.2. The number of carbonyl (C=O) groups excluding carboxylic acids is 1. The number of likely N-dealkylation sites (tertiary alicyclic amines) is 1. The Morgan fingerprint density at radius 2 is 2.00 bits per heavy atom. The van der Waals surface area contributed by atoms with E-state index in [4.69, 9.17) is 0 Å². The van der Waals surface area contributed by atoms with Crippen LogP contribution in [0.3, 0.4) is 0 Å². The Kier molecular flexibility index (Phi) is 4.08. The summed E-state index contributed by atoms with van der Waals surface area (Å²) in [5.74, 6) is -0.104. The van der Waals surface area contributed by atoms with Gasteiger partial charge in [0.1, 0.15) is 0 Å². The SMILES string of the molecule is O=C(Nc1ncc(CN2CCCC2)s1)c1ccccc1. The summed E-state index contributed by atoms with van der Waals surface area (Å²) in [7, 11) is 0. The normalized spacial score (nSPS) is 15.4. The molecule has 4 nitrogen and oxygen atoms in total. The van der Waals surface area contributed by atoms with Crippen molar-refractivity contribution in [1.29, 1.82) is 0 Å². The first kappa shape index (κ1) is 13.3. The van der Waals surface area contributed by atoms with Gasteiger partial charge in [-0.3, -0.25) is 15.0 Å². The second-order valence-electron chi connectivity index (χ2n) is 4.94. The van der Waals surface area contributed by atoms with E-state index >= 15 is 0 Å². The number of carbonyl (C=O) groups is 1. The zero-order valence-corrected chi connectivity index (χ0v) is 12.0. The minimum absolute atomic E-state index is 0.104. The number of nitrogens with zero attached hydrogens (tertiary/aromatic N) is 2. The lowest BCUT2D eigenvalue weighted by Gasteiger charge is -2.11. The van der Waals surface area contributed by atoms with E-state index in [0.29, 0.717) is 10.7 Å². The molecule has 5 heteroatoms. The summed E-state index contributed by atoms with van der Waals surface area (Å²) in [6, 6.07) is 9.21. The largest absolute Gasteiger partial charge is 0.298 e. The van der Waals surface area contributed by atoms with Crippen molar-refractivity contribution in [3.8, 4) is 0 Å². The van der Waals surface area contributed by atoms with Gasteiger partial charge in [0, 0.05) is 23.2 Å². The predicted octanol–water partition coefficient (Wildman–Crippen LogP) is 2.99. The third-order valence-corrected chi connectivity index (χ3v) is 4.29. The topological polar surface area (TPSA) is 45.2 Å². The number of benzene rings is 1. The van der Waals surface area contributed by atoms with Gasteiger partial charge in [-0.05, 0) is 38.1 Å². The van der Waals surface area contributed by atoms with E-state index in [-0.39, 0.29) is 5.91 Å². The van der Waals surface area contributed by atoms with E-state index in [1.165, 1.54) is 30.8 Å².